The fourth-order valence-corrected chi connectivity index (χ4v) is 2.49. The molecule has 2 aromatic carbocycles. The lowest BCUT2D eigenvalue weighted by atomic mass is 10.1. The van der Waals surface area contributed by atoms with Crippen molar-refractivity contribution in [2.75, 3.05) is 6.61 Å². The van der Waals surface area contributed by atoms with Gasteiger partial charge in [0.25, 0.3) is 0 Å². The Balaban J connectivity index is 1.74. The van der Waals surface area contributed by atoms with E-state index in [-0.39, 0.29) is 6.04 Å². The fraction of sp³-hybridized carbons (Fsp3) is 0.200. The third kappa shape index (κ3) is 2.70. The number of rotatable bonds is 3. The Morgan fingerprint density at radius 3 is 2.90 bits per heavy atom. The summed E-state index contributed by atoms with van der Waals surface area (Å²) in [5.41, 5.74) is 7.76. The molecule has 1 heterocycles. The largest absolute Gasteiger partial charge is 0.491 e. The van der Waals surface area contributed by atoms with Gasteiger partial charge in [-0.05, 0) is 30.3 Å². The van der Waals surface area contributed by atoms with Crippen LogP contribution in [0.4, 0.5) is 0 Å². The van der Waals surface area contributed by atoms with E-state index in [1.165, 1.54) is 0 Å². The minimum absolute atomic E-state index is 0.0542. The minimum Gasteiger partial charge on any atom is -0.491 e. The van der Waals surface area contributed by atoms with Crippen molar-refractivity contribution in [3.8, 4) is 11.5 Å². The molecule has 0 amide bonds. The van der Waals surface area contributed by atoms with Crippen molar-refractivity contribution in [1.82, 2.24) is 0 Å². The number of hydrogen-bond donors (Lipinski definition) is 1. The number of nitrogens with two attached hydrogens (primary N) is 1. The first-order valence-corrected chi connectivity index (χ1v) is 6.98. The lowest BCUT2D eigenvalue weighted by Gasteiger charge is -2.09. The summed E-state index contributed by atoms with van der Waals surface area (Å²) in [5.74, 6) is 1.50. The van der Waals surface area contributed by atoms with Crippen LogP contribution in [0.2, 0.25) is 10.0 Å². The lowest BCUT2D eigenvalue weighted by Crippen LogP contribution is -2.10. The van der Waals surface area contributed by atoms with Crippen LogP contribution < -0.4 is 15.2 Å². The molecule has 2 aromatic rings. The Hall–Kier alpha value is -1.42. The maximum atomic E-state index is 6.10. The van der Waals surface area contributed by atoms with Gasteiger partial charge in [0, 0.05) is 27.2 Å². The molecule has 0 fully saturated rings. The summed E-state index contributed by atoms with van der Waals surface area (Å²) in [4.78, 5) is 0. The van der Waals surface area contributed by atoms with Crippen LogP contribution in [0.1, 0.15) is 17.2 Å². The van der Waals surface area contributed by atoms with Crippen molar-refractivity contribution in [2.45, 2.75) is 12.6 Å². The molecule has 0 saturated carbocycles. The zero-order valence-electron chi connectivity index (χ0n) is 10.6. The standard InChI is InChI=1S/C15H13Cl2NO2/c16-10-1-4-13(17)9(5-10)7-19-11-2-3-12-14(18)8-20-15(12)6-11/h1-6,14H,7-8,18H2. The molecule has 3 nitrogen and oxygen atoms in total. The summed E-state index contributed by atoms with van der Waals surface area (Å²) in [5, 5.41) is 1.27. The summed E-state index contributed by atoms with van der Waals surface area (Å²) in [7, 11) is 0. The second-order valence-corrected chi connectivity index (χ2v) is 5.49. The van der Waals surface area contributed by atoms with Gasteiger partial charge in [-0.1, -0.05) is 23.2 Å². The molecule has 1 aliphatic rings. The fourth-order valence-electron chi connectivity index (χ4n) is 2.12. The van der Waals surface area contributed by atoms with Gasteiger partial charge in [-0.25, -0.2) is 0 Å². The summed E-state index contributed by atoms with van der Waals surface area (Å²) < 4.78 is 11.2. The Kier molecular flexibility index (Phi) is 3.74. The van der Waals surface area contributed by atoms with Crippen LogP contribution in [0, 0.1) is 0 Å². The van der Waals surface area contributed by atoms with E-state index in [0.29, 0.717) is 29.0 Å². The van der Waals surface area contributed by atoms with Crippen LogP contribution in [0.5, 0.6) is 11.5 Å². The van der Waals surface area contributed by atoms with Crippen molar-refractivity contribution < 1.29 is 9.47 Å². The third-order valence-electron chi connectivity index (χ3n) is 3.20. The number of benzene rings is 2. The number of ether oxygens (including phenoxy) is 2. The van der Waals surface area contributed by atoms with E-state index < -0.39 is 0 Å². The summed E-state index contributed by atoms with van der Waals surface area (Å²) >= 11 is 12.0. The SMILES string of the molecule is NC1COc2cc(OCc3cc(Cl)ccc3Cl)ccc21. The molecule has 0 aromatic heterocycles. The number of halogens is 2. The van der Waals surface area contributed by atoms with Gasteiger partial charge in [-0.15, -0.1) is 0 Å². The van der Waals surface area contributed by atoms with Crippen molar-refractivity contribution >= 4 is 23.2 Å². The molecule has 0 saturated heterocycles. The van der Waals surface area contributed by atoms with Gasteiger partial charge < -0.3 is 15.2 Å². The quantitative estimate of drug-likeness (QED) is 0.933. The van der Waals surface area contributed by atoms with Gasteiger partial charge in [0.2, 0.25) is 0 Å². The maximum absolute atomic E-state index is 6.10. The average molecular weight is 310 g/mol. The number of fused-ring (bicyclic) bond motifs is 1. The van der Waals surface area contributed by atoms with Gasteiger partial charge in [0.1, 0.15) is 24.7 Å². The highest BCUT2D eigenvalue weighted by Gasteiger charge is 2.20. The summed E-state index contributed by atoms with van der Waals surface area (Å²) in [6, 6.07) is 10.9. The van der Waals surface area contributed by atoms with E-state index in [1.807, 2.05) is 18.2 Å². The summed E-state index contributed by atoms with van der Waals surface area (Å²) in [6.45, 7) is 0.864. The summed E-state index contributed by atoms with van der Waals surface area (Å²) in [6.07, 6.45) is 0. The van der Waals surface area contributed by atoms with Crippen molar-refractivity contribution in [1.29, 1.82) is 0 Å². The lowest BCUT2D eigenvalue weighted by molar-refractivity contribution is 0.301. The van der Waals surface area contributed by atoms with Gasteiger partial charge in [-0.3, -0.25) is 0 Å². The first-order chi connectivity index (χ1) is 9.63. The molecule has 1 unspecified atom stereocenters. The molecule has 104 valence electrons. The Bertz CT molecular complexity index is 646. The minimum atomic E-state index is -0.0542. The second-order valence-electron chi connectivity index (χ2n) is 4.64. The van der Waals surface area contributed by atoms with E-state index in [1.54, 1.807) is 18.2 Å². The van der Waals surface area contributed by atoms with Crippen molar-refractivity contribution in [2.24, 2.45) is 5.73 Å². The van der Waals surface area contributed by atoms with Crippen LogP contribution in [0.15, 0.2) is 36.4 Å². The van der Waals surface area contributed by atoms with Crippen LogP contribution in [-0.4, -0.2) is 6.61 Å². The van der Waals surface area contributed by atoms with Gasteiger partial charge in [0.15, 0.2) is 0 Å². The smallest absolute Gasteiger partial charge is 0.127 e. The van der Waals surface area contributed by atoms with E-state index >= 15 is 0 Å². The zero-order valence-corrected chi connectivity index (χ0v) is 12.1. The van der Waals surface area contributed by atoms with Crippen LogP contribution in [0.25, 0.3) is 0 Å². The zero-order chi connectivity index (χ0) is 14.1. The van der Waals surface area contributed by atoms with Crippen LogP contribution in [-0.2, 0) is 6.61 Å². The van der Waals surface area contributed by atoms with Gasteiger partial charge >= 0.3 is 0 Å². The second kappa shape index (κ2) is 5.52. The Morgan fingerprint density at radius 2 is 2.05 bits per heavy atom. The van der Waals surface area contributed by atoms with Crippen LogP contribution >= 0.6 is 23.2 Å². The van der Waals surface area contributed by atoms with Crippen molar-refractivity contribution in [3.05, 3.63) is 57.6 Å². The van der Waals surface area contributed by atoms with E-state index in [2.05, 4.69) is 0 Å². The molecule has 1 atom stereocenters. The monoisotopic (exact) mass is 309 g/mol. The normalized spacial score (nSPS) is 16.6. The molecule has 0 radical (unpaired) electrons. The topological polar surface area (TPSA) is 44.5 Å². The van der Waals surface area contributed by atoms with E-state index in [0.717, 1.165) is 16.9 Å². The van der Waals surface area contributed by atoms with Gasteiger partial charge in [0.05, 0.1) is 6.04 Å². The first kappa shape index (κ1) is 13.6. The Labute approximate surface area is 127 Å². The van der Waals surface area contributed by atoms with E-state index in [4.69, 9.17) is 38.4 Å². The molecule has 0 bridgehead atoms. The van der Waals surface area contributed by atoms with E-state index in [9.17, 15) is 0 Å². The third-order valence-corrected chi connectivity index (χ3v) is 3.81. The molecule has 5 heteroatoms. The molecule has 1 aliphatic heterocycles. The molecule has 2 N–H and O–H groups in total. The molecule has 0 aliphatic carbocycles. The molecule has 20 heavy (non-hydrogen) atoms. The van der Waals surface area contributed by atoms with Crippen molar-refractivity contribution in [3.63, 3.8) is 0 Å². The predicted octanol–water partition coefficient (Wildman–Crippen LogP) is 3.96. The predicted molar refractivity (Wildman–Crippen MR) is 79.7 cm³/mol. The molecule has 3 rings (SSSR count). The molecule has 0 spiro atoms. The Morgan fingerprint density at radius 1 is 1.20 bits per heavy atom. The molecular formula is C15H13Cl2NO2. The highest BCUT2D eigenvalue weighted by Crippen LogP contribution is 2.34. The molecular weight excluding hydrogens is 297 g/mol. The number of hydrogen-bond acceptors (Lipinski definition) is 3. The highest BCUT2D eigenvalue weighted by molar-refractivity contribution is 6.33. The average Bonchev–Trinajstić information content (AvgIpc) is 2.81. The highest BCUT2D eigenvalue weighted by atomic mass is 35.5. The maximum Gasteiger partial charge on any atom is 0.127 e. The first-order valence-electron chi connectivity index (χ1n) is 6.22. The van der Waals surface area contributed by atoms with Crippen LogP contribution in [0.3, 0.4) is 0 Å². The van der Waals surface area contributed by atoms with Gasteiger partial charge in [-0.2, -0.15) is 0 Å².